The zero-order valence-electron chi connectivity index (χ0n) is 13.1. The molecule has 0 saturated heterocycles. The summed E-state index contributed by atoms with van der Waals surface area (Å²) in [5, 5.41) is 2.43. The maximum absolute atomic E-state index is 13.9. The average molecular weight is 346 g/mol. The molecule has 7 nitrogen and oxygen atoms in total. The van der Waals surface area contributed by atoms with Crippen molar-refractivity contribution in [2.24, 2.45) is 0 Å². The molecule has 0 fully saturated rings. The van der Waals surface area contributed by atoms with E-state index in [1.807, 2.05) is 0 Å². The highest BCUT2D eigenvalue weighted by Gasteiger charge is 2.37. The van der Waals surface area contributed by atoms with Crippen molar-refractivity contribution in [3.8, 4) is 0 Å². The molecule has 0 aliphatic rings. The minimum absolute atomic E-state index is 0.0561. The van der Waals surface area contributed by atoms with Crippen LogP contribution < -0.4 is 10.0 Å². The lowest BCUT2D eigenvalue weighted by atomic mass is 9.94. The number of sulfonamides is 1. The van der Waals surface area contributed by atoms with E-state index in [2.05, 4.69) is 5.32 Å². The summed E-state index contributed by atoms with van der Waals surface area (Å²) < 4.78 is 42.6. The third kappa shape index (κ3) is 5.29. The van der Waals surface area contributed by atoms with Crippen molar-refractivity contribution < 1.29 is 27.1 Å². The molecular weight excluding hydrogens is 327 g/mol. The van der Waals surface area contributed by atoms with Crippen LogP contribution in [0.25, 0.3) is 0 Å². The highest BCUT2D eigenvalue weighted by Crippen LogP contribution is 2.27. The fraction of sp³-hybridized carbons (Fsp3) is 0.429. The Morgan fingerprint density at radius 1 is 1.30 bits per heavy atom. The highest BCUT2D eigenvalue weighted by molar-refractivity contribution is 7.89. The van der Waals surface area contributed by atoms with Crippen molar-refractivity contribution in [3.05, 3.63) is 35.6 Å². The smallest absolute Gasteiger partial charge is 0.256 e. The molecule has 0 saturated carbocycles. The van der Waals surface area contributed by atoms with Crippen LogP contribution in [0.3, 0.4) is 0 Å². The fourth-order valence-electron chi connectivity index (χ4n) is 1.89. The molecule has 0 unspecified atom stereocenters. The van der Waals surface area contributed by atoms with Crippen LogP contribution in [-0.4, -0.2) is 40.1 Å². The molecule has 0 aromatic heterocycles. The molecule has 9 heteroatoms. The summed E-state index contributed by atoms with van der Waals surface area (Å²) in [5.74, 6) is -1.99. The molecule has 0 aliphatic heterocycles. The predicted molar refractivity (Wildman–Crippen MR) is 81.4 cm³/mol. The predicted octanol–water partition coefficient (Wildman–Crippen LogP) is 0.269. The minimum Gasteiger partial charge on any atom is -0.364 e. The number of carbonyl (C=O) groups is 2. The molecule has 0 radical (unpaired) electrons. The van der Waals surface area contributed by atoms with Crippen molar-refractivity contribution in [1.82, 2.24) is 10.0 Å². The van der Waals surface area contributed by atoms with Gasteiger partial charge >= 0.3 is 0 Å². The largest absolute Gasteiger partial charge is 0.364 e. The number of rotatable bonds is 7. The minimum atomic E-state index is -3.64. The van der Waals surface area contributed by atoms with Crippen LogP contribution in [-0.2, 0) is 30.0 Å². The molecule has 2 N–H and O–H groups in total. The number of amides is 2. The first-order valence-corrected chi connectivity index (χ1v) is 8.58. The van der Waals surface area contributed by atoms with Gasteiger partial charge in [0.2, 0.25) is 15.9 Å². The van der Waals surface area contributed by atoms with E-state index >= 15 is 0 Å². The topological polar surface area (TPSA) is 102 Å². The molecule has 1 atom stereocenters. The Labute approximate surface area is 134 Å². The summed E-state index contributed by atoms with van der Waals surface area (Å²) in [6.07, 6.45) is 0.611. The van der Waals surface area contributed by atoms with Crippen LogP contribution in [0.5, 0.6) is 0 Å². The van der Waals surface area contributed by atoms with Gasteiger partial charge in [-0.1, -0.05) is 18.2 Å². The zero-order chi connectivity index (χ0) is 17.7. The lowest BCUT2D eigenvalue weighted by molar-refractivity contribution is -0.143. The molecule has 128 valence electrons. The number of halogens is 1. The maximum Gasteiger partial charge on any atom is 0.256 e. The second-order valence-corrected chi connectivity index (χ2v) is 6.77. The number of methoxy groups -OCH3 is 1. The van der Waals surface area contributed by atoms with Gasteiger partial charge in [-0.3, -0.25) is 14.3 Å². The van der Waals surface area contributed by atoms with Crippen molar-refractivity contribution in [2.45, 2.75) is 18.9 Å². The van der Waals surface area contributed by atoms with Gasteiger partial charge in [-0.05, 0) is 13.0 Å². The van der Waals surface area contributed by atoms with Crippen LogP contribution in [0.4, 0.5) is 4.39 Å². The Hall–Kier alpha value is -2.00. The number of hydrogen-bond donors (Lipinski definition) is 2. The molecule has 1 rings (SSSR count). The molecule has 0 heterocycles. The number of ether oxygens (including phenoxy) is 1. The first-order valence-electron chi connectivity index (χ1n) is 6.69. The lowest BCUT2D eigenvalue weighted by Crippen LogP contribution is -2.45. The van der Waals surface area contributed by atoms with Gasteiger partial charge in [0.15, 0.2) is 5.60 Å². The Bertz CT molecular complexity index is 692. The summed E-state index contributed by atoms with van der Waals surface area (Å²) >= 11 is 0. The van der Waals surface area contributed by atoms with E-state index < -0.39 is 33.3 Å². The molecule has 0 aliphatic carbocycles. The molecule has 2 amide bonds. The molecule has 0 bridgehead atoms. The SMILES string of the molecule is CO[C@](C)(C(=O)NCCC(=O)NS(C)(=O)=O)c1ccccc1F. The highest BCUT2D eigenvalue weighted by atomic mass is 32.2. The van der Waals surface area contributed by atoms with Gasteiger partial charge in [0.1, 0.15) is 5.82 Å². The van der Waals surface area contributed by atoms with Gasteiger partial charge in [0.05, 0.1) is 6.26 Å². The van der Waals surface area contributed by atoms with Crippen LogP contribution in [0.2, 0.25) is 0 Å². The molecule has 1 aromatic carbocycles. The van der Waals surface area contributed by atoms with Crippen LogP contribution >= 0.6 is 0 Å². The maximum atomic E-state index is 13.9. The summed E-state index contributed by atoms with van der Waals surface area (Å²) in [5.41, 5.74) is -1.51. The Kier molecular flexibility index (Phi) is 6.22. The first-order chi connectivity index (χ1) is 10.6. The third-order valence-corrected chi connectivity index (χ3v) is 3.76. The van der Waals surface area contributed by atoms with E-state index in [-0.39, 0.29) is 18.5 Å². The van der Waals surface area contributed by atoms with Crippen molar-refractivity contribution in [3.63, 3.8) is 0 Å². The van der Waals surface area contributed by atoms with Crippen molar-refractivity contribution in [1.29, 1.82) is 0 Å². The van der Waals surface area contributed by atoms with E-state index in [9.17, 15) is 22.4 Å². The summed E-state index contributed by atoms with van der Waals surface area (Å²) in [6, 6.07) is 5.69. The van der Waals surface area contributed by atoms with Gasteiger partial charge in [-0.25, -0.2) is 12.8 Å². The van der Waals surface area contributed by atoms with Crippen LogP contribution in [0.1, 0.15) is 18.9 Å². The van der Waals surface area contributed by atoms with Gasteiger partial charge in [-0.2, -0.15) is 0 Å². The van der Waals surface area contributed by atoms with Crippen LogP contribution in [0.15, 0.2) is 24.3 Å². The standard InChI is InChI=1S/C14H19FN2O5S/c1-14(22-2,10-6-4-5-7-11(10)15)13(19)16-9-8-12(18)17-23(3,20)21/h4-7H,8-9H2,1-3H3,(H,16,19)(H,17,18)/t14-/m0/s1. The molecule has 1 aromatic rings. The van der Waals surface area contributed by atoms with E-state index in [4.69, 9.17) is 4.74 Å². The second-order valence-electron chi connectivity index (χ2n) is 5.02. The summed E-state index contributed by atoms with van der Waals surface area (Å²) in [6.45, 7) is 1.28. The van der Waals surface area contributed by atoms with Crippen molar-refractivity contribution >= 4 is 21.8 Å². The third-order valence-electron chi connectivity index (χ3n) is 3.17. The van der Waals surface area contributed by atoms with E-state index in [1.165, 1.54) is 32.2 Å². The number of nitrogens with one attached hydrogen (secondary N) is 2. The Morgan fingerprint density at radius 3 is 2.43 bits per heavy atom. The quantitative estimate of drug-likeness (QED) is 0.738. The number of carbonyl (C=O) groups excluding carboxylic acids is 2. The lowest BCUT2D eigenvalue weighted by Gasteiger charge is -2.27. The van der Waals surface area contributed by atoms with E-state index in [1.54, 1.807) is 10.8 Å². The molecule has 23 heavy (non-hydrogen) atoms. The van der Waals surface area contributed by atoms with Gasteiger partial charge in [0, 0.05) is 25.6 Å². The van der Waals surface area contributed by atoms with E-state index in [0.29, 0.717) is 0 Å². The van der Waals surface area contributed by atoms with Gasteiger partial charge < -0.3 is 10.1 Å². The van der Waals surface area contributed by atoms with Crippen molar-refractivity contribution in [2.75, 3.05) is 19.9 Å². The molecular formula is C14H19FN2O5S. The van der Waals surface area contributed by atoms with Gasteiger partial charge in [-0.15, -0.1) is 0 Å². The van der Waals surface area contributed by atoms with E-state index in [0.717, 1.165) is 6.26 Å². The van der Waals surface area contributed by atoms with Crippen LogP contribution in [0, 0.1) is 5.82 Å². The number of hydrogen-bond acceptors (Lipinski definition) is 5. The second kappa shape index (κ2) is 7.51. The summed E-state index contributed by atoms with van der Waals surface area (Å²) in [4.78, 5) is 23.6. The Morgan fingerprint density at radius 2 is 1.91 bits per heavy atom. The molecule has 0 spiro atoms. The zero-order valence-corrected chi connectivity index (χ0v) is 13.9. The normalized spacial score (nSPS) is 13.9. The average Bonchev–Trinajstić information content (AvgIpc) is 2.44. The first kappa shape index (κ1) is 19.0. The fourth-order valence-corrected chi connectivity index (χ4v) is 2.40. The number of benzene rings is 1. The monoisotopic (exact) mass is 346 g/mol. The summed E-state index contributed by atoms with van der Waals surface area (Å²) in [7, 11) is -2.38. The van der Waals surface area contributed by atoms with Gasteiger partial charge in [0.25, 0.3) is 5.91 Å². The Balaban J connectivity index is 2.72.